The molecule has 0 spiro atoms. The zero-order chi connectivity index (χ0) is 12.0. The van der Waals surface area contributed by atoms with Crippen molar-refractivity contribution in [1.29, 1.82) is 0 Å². The summed E-state index contributed by atoms with van der Waals surface area (Å²) in [4.78, 5) is 24.7. The average molecular weight is 244 g/mol. The fourth-order valence-corrected chi connectivity index (χ4v) is 2.53. The lowest BCUT2D eigenvalue weighted by Gasteiger charge is -2.27. The molecule has 0 saturated carbocycles. The molecule has 16 heavy (non-hydrogen) atoms. The number of thioether (sulfide) groups is 1. The predicted octanol–water partition coefficient (Wildman–Crippen LogP) is 0.867. The molecule has 0 bridgehead atoms. The first kappa shape index (κ1) is 13.4. The van der Waals surface area contributed by atoms with Crippen LogP contribution in [0.15, 0.2) is 0 Å². The minimum atomic E-state index is -0.0222. The van der Waals surface area contributed by atoms with Crippen LogP contribution in [0.5, 0.6) is 0 Å². The Morgan fingerprint density at radius 3 is 2.94 bits per heavy atom. The highest BCUT2D eigenvalue weighted by atomic mass is 32.2. The molecule has 0 aromatic heterocycles. The lowest BCUT2D eigenvalue weighted by molar-refractivity contribution is -0.131. The summed E-state index contributed by atoms with van der Waals surface area (Å²) in [5, 5.41) is 2.61. The van der Waals surface area contributed by atoms with Gasteiger partial charge in [0, 0.05) is 19.0 Å². The molecule has 0 aromatic rings. The third-order valence-corrected chi connectivity index (χ3v) is 3.69. The zero-order valence-corrected chi connectivity index (χ0v) is 10.8. The monoisotopic (exact) mass is 244 g/mol. The van der Waals surface area contributed by atoms with Gasteiger partial charge in [-0.3, -0.25) is 9.59 Å². The summed E-state index contributed by atoms with van der Waals surface area (Å²) in [5.74, 6) is 2.20. The van der Waals surface area contributed by atoms with Gasteiger partial charge in [0.05, 0.1) is 6.54 Å². The van der Waals surface area contributed by atoms with Crippen molar-refractivity contribution in [2.24, 2.45) is 0 Å². The van der Waals surface area contributed by atoms with E-state index in [1.54, 1.807) is 0 Å². The lowest BCUT2D eigenvalue weighted by Crippen LogP contribution is -2.41. The number of carbonyl (C=O) groups excluding carboxylic acids is 2. The molecule has 4 nitrogen and oxygen atoms in total. The molecule has 0 aromatic carbocycles. The SMILES string of the molecule is CCSCCC(C)N1CCC(=O)NCC1=O. The first-order valence-electron chi connectivity index (χ1n) is 5.79. The van der Waals surface area contributed by atoms with E-state index in [2.05, 4.69) is 19.2 Å². The van der Waals surface area contributed by atoms with Gasteiger partial charge < -0.3 is 10.2 Å². The van der Waals surface area contributed by atoms with Gasteiger partial charge in [-0.05, 0) is 24.9 Å². The molecular weight excluding hydrogens is 224 g/mol. The summed E-state index contributed by atoms with van der Waals surface area (Å²) in [6.07, 6.45) is 1.43. The van der Waals surface area contributed by atoms with Gasteiger partial charge in [-0.15, -0.1) is 0 Å². The molecule has 1 unspecified atom stereocenters. The second-order valence-electron chi connectivity index (χ2n) is 3.95. The Balaban J connectivity index is 2.43. The Morgan fingerprint density at radius 1 is 1.50 bits per heavy atom. The number of hydrogen-bond donors (Lipinski definition) is 1. The first-order chi connectivity index (χ1) is 7.65. The molecule has 5 heteroatoms. The summed E-state index contributed by atoms with van der Waals surface area (Å²) in [6.45, 7) is 4.91. The maximum Gasteiger partial charge on any atom is 0.242 e. The van der Waals surface area contributed by atoms with E-state index in [0.29, 0.717) is 13.0 Å². The van der Waals surface area contributed by atoms with Gasteiger partial charge in [0.15, 0.2) is 0 Å². The van der Waals surface area contributed by atoms with Crippen LogP contribution in [0, 0.1) is 0 Å². The third-order valence-electron chi connectivity index (χ3n) is 2.75. The van der Waals surface area contributed by atoms with Crippen LogP contribution in [-0.2, 0) is 9.59 Å². The fraction of sp³-hybridized carbons (Fsp3) is 0.818. The summed E-state index contributed by atoms with van der Waals surface area (Å²) >= 11 is 1.89. The Labute approximate surface area is 101 Å². The highest BCUT2D eigenvalue weighted by molar-refractivity contribution is 7.99. The van der Waals surface area contributed by atoms with Crippen LogP contribution < -0.4 is 5.32 Å². The van der Waals surface area contributed by atoms with Crippen molar-refractivity contribution in [3.63, 3.8) is 0 Å². The second kappa shape index (κ2) is 6.78. The van der Waals surface area contributed by atoms with Crippen molar-refractivity contribution in [1.82, 2.24) is 10.2 Å². The van der Waals surface area contributed by atoms with E-state index in [1.807, 2.05) is 16.7 Å². The second-order valence-corrected chi connectivity index (χ2v) is 5.34. The predicted molar refractivity (Wildman–Crippen MR) is 66.4 cm³/mol. The summed E-state index contributed by atoms with van der Waals surface area (Å²) in [7, 11) is 0. The normalized spacial score (nSPS) is 19.2. The fourth-order valence-electron chi connectivity index (χ4n) is 1.73. The van der Waals surface area contributed by atoms with Crippen molar-refractivity contribution in [2.75, 3.05) is 24.6 Å². The number of nitrogens with zero attached hydrogens (tertiary/aromatic N) is 1. The molecular formula is C11H20N2O2S. The summed E-state index contributed by atoms with van der Waals surface area (Å²) < 4.78 is 0. The van der Waals surface area contributed by atoms with Gasteiger partial charge in [0.2, 0.25) is 11.8 Å². The largest absolute Gasteiger partial charge is 0.347 e. The number of carbonyl (C=O) groups is 2. The van der Waals surface area contributed by atoms with Crippen molar-refractivity contribution >= 4 is 23.6 Å². The van der Waals surface area contributed by atoms with E-state index in [0.717, 1.165) is 17.9 Å². The third kappa shape index (κ3) is 4.04. The zero-order valence-electron chi connectivity index (χ0n) is 9.99. The molecule has 1 rings (SSSR count). The number of nitrogens with one attached hydrogen (secondary N) is 1. The first-order valence-corrected chi connectivity index (χ1v) is 6.94. The Morgan fingerprint density at radius 2 is 2.25 bits per heavy atom. The van der Waals surface area contributed by atoms with Gasteiger partial charge >= 0.3 is 0 Å². The van der Waals surface area contributed by atoms with Gasteiger partial charge in [0.1, 0.15) is 0 Å². The van der Waals surface area contributed by atoms with Crippen LogP contribution in [0.25, 0.3) is 0 Å². The van der Waals surface area contributed by atoms with Crippen molar-refractivity contribution in [2.45, 2.75) is 32.7 Å². The number of amides is 2. The van der Waals surface area contributed by atoms with E-state index in [-0.39, 0.29) is 24.4 Å². The van der Waals surface area contributed by atoms with E-state index < -0.39 is 0 Å². The maximum atomic E-state index is 11.7. The average Bonchev–Trinajstić information content (AvgIpc) is 2.42. The Kier molecular flexibility index (Phi) is 5.66. The minimum absolute atomic E-state index is 0.0222. The van der Waals surface area contributed by atoms with Crippen LogP contribution in [0.1, 0.15) is 26.7 Å². The molecule has 1 aliphatic rings. The lowest BCUT2D eigenvalue weighted by atomic mass is 10.2. The van der Waals surface area contributed by atoms with Gasteiger partial charge in [-0.1, -0.05) is 6.92 Å². The van der Waals surface area contributed by atoms with Gasteiger partial charge in [0.25, 0.3) is 0 Å². The molecule has 92 valence electrons. The van der Waals surface area contributed by atoms with Gasteiger partial charge in [-0.25, -0.2) is 0 Å². The van der Waals surface area contributed by atoms with Crippen molar-refractivity contribution < 1.29 is 9.59 Å². The highest BCUT2D eigenvalue weighted by Crippen LogP contribution is 2.11. The van der Waals surface area contributed by atoms with E-state index in [1.165, 1.54) is 0 Å². The molecule has 1 heterocycles. The molecule has 1 fully saturated rings. The maximum absolute atomic E-state index is 11.7. The molecule has 1 atom stereocenters. The standard InChI is InChI=1S/C11H20N2O2S/c1-3-16-7-5-9(2)13-6-4-10(14)12-8-11(13)15/h9H,3-8H2,1-2H3,(H,12,14). The summed E-state index contributed by atoms with van der Waals surface area (Å²) in [5.41, 5.74) is 0. The molecule has 1 N–H and O–H groups in total. The van der Waals surface area contributed by atoms with Crippen LogP contribution in [0.4, 0.5) is 0 Å². The molecule has 0 aliphatic carbocycles. The highest BCUT2D eigenvalue weighted by Gasteiger charge is 2.23. The number of rotatable bonds is 5. The van der Waals surface area contributed by atoms with Crippen LogP contribution >= 0.6 is 11.8 Å². The Bertz CT molecular complexity index is 258. The van der Waals surface area contributed by atoms with Crippen LogP contribution in [0.2, 0.25) is 0 Å². The van der Waals surface area contributed by atoms with Crippen LogP contribution in [0.3, 0.4) is 0 Å². The van der Waals surface area contributed by atoms with E-state index >= 15 is 0 Å². The topological polar surface area (TPSA) is 49.4 Å². The number of hydrogen-bond acceptors (Lipinski definition) is 3. The van der Waals surface area contributed by atoms with Gasteiger partial charge in [-0.2, -0.15) is 11.8 Å². The van der Waals surface area contributed by atoms with E-state index in [9.17, 15) is 9.59 Å². The summed E-state index contributed by atoms with van der Waals surface area (Å²) in [6, 6.07) is 0.235. The Hall–Kier alpha value is -0.710. The molecule has 1 saturated heterocycles. The van der Waals surface area contributed by atoms with Crippen molar-refractivity contribution in [3.05, 3.63) is 0 Å². The molecule has 2 amide bonds. The smallest absolute Gasteiger partial charge is 0.242 e. The minimum Gasteiger partial charge on any atom is -0.347 e. The van der Waals surface area contributed by atoms with Crippen LogP contribution in [-0.4, -0.2) is 47.4 Å². The molecule has 0 radical (unpaired) electrons. The quantitative estimate of drug-likeness (QED) is 0.730. The van der Waals surface area contributed by atoms with Crippen molar-refractivity contribution in [3.8, 4) is 0 Å². The molecule has 1 aliphatic heterocycles. The van der Waals surface area contributed by atoms with E-state index in [4.69, 9.17) is 0 Å².